The Kier molecular flexibility index (Phi) is 5.04. The normalized spacial score (nSPS) is 10.4. The van der Waals surface area contributed by atoms with E-state index >= 15 is 0 Å². The Bertz CT molecular complexity index is 635. The lowest BCUT2D eigenvalue weighted by molar-refractivity contribution is 0.0526. The molecule has 1 amide bonds. The molecule has 7 nitrogen and oxygen atoms in total. The third kappa shape index (κ3) is 4.12. The van der Waals surface area contributed by atoms with Crippen LogP contribution in [0.5, 0.6) is 0 Å². The van der Waals surface area contributed by atoms with Crippen LogP contribution in [-0.2, 0) is 18.2 Å². The maximum atomic E-state index is 11.9. The molecule has 0 aliphatic heterocycles. The summed E-state index contributed by atoms with van der Waals surface area (Å²) in [5.41, 5.74) is 1.28. The maximum absolute atomic E-state index is 11.9. The van der Waals surface area contributed by atoms with E-state index in [9.17, 15) is 9.59 Å². The summed E-state index contributed by atoms with van der Waals surface area (Å²) in [5.74, 6) is -0.803. The molecule has 0 radical (unpaired) electrons. The number of carbonyl (C=O) groups excluding carboxylic acids is 2. The number of esters is 1. The largest absolute Gasteiger partial charge is 0.461 e. The first-order chi connectivity index (χ1) is 10.1. The highest BCUT2D eigenvalue weighted by Gasteiger charge is 2.15. The first-order valence-corrected chi connectivity index (χ1v) is 7.36. The number of nitrogens with one attached hydrogen (secondary N) is 1. The third-order valence-electron chi connectivity index (χ3n) is 2.64. The van der Waals surface area contributed by atoms with Crippen molar-refractivity contribution in [3.63, 3.8) is 0 Å². The zero-order chi connectivity index (χ0) is 15.2. The zero-order valence-corrected chi connectivity index (χ0v) is 12.6. The fourth-order valence-electron chi connectivity index (χ4n) is 1.68. The van der Waals surface area contributed by atoms with E-state index in [1.165, 1.54) is 0 Å². The van der Waals surface area contributed by atoms with Gasteiger partial charge in [-0.1, -0.05) is 0 Å². The SMILES string of the molecule is CCOC(=O)c1nc(C(=O)NCCc2cnn(C)c2)cs1. The topological polar surface area (TPSA) is 86.1 Å². The Hall–Kier alpha value is -2.22. The molecule has 0 aliphatic carbocycles. The number of aryl methyl sites for hydroxylation is 1. The summed E-state index contributed by atoms with van der Waals surface area (Å²) >= 11 is 1.10. The van der Waals surface area contributed by atoms with E-state index in [-0.39, 0.29) is 23.2 Å². The molecule has 2 rings (SSSR count). The molecule has 0 aromatic carbocycles. The summed E-state index contributed by atoms with van der Waals surface area (Å²) in [5, 5.41) is 8.55. The monoisotopic (exact) mass is 308 g/mol. The average Bonchev–Trinajstić information content (AvgIpc) is 3.08. The van der Waals surface area contributed by atoms with Crippen molar-refractivity contribution in [2.24, 2.45) is 7.05 Å². The zero-order valence-electron chi connectivity index (χ0n) is 11.8. The van der Waals surface area contributed by atoms with Gasteiger partial charge < -0.3 is 10.1 Å². The molecule has 21 heavy (non-hydrogen) atoms. The molecule has 112 valence electrons. The van der Waals surface area contributed by atoms with Crippen LogP contribution in [-0.4, -0.2) is 39.8 Å². The van der Waals surface area contributed by atoms with Gasteiger partial charge in [0.25, 0.3) is 5.91 Å². The lowest BCUT2D eigenvalue weighted by Gasteiger charge is -2.01. The van der Waals surface area contributed by atoms with Gasteiger partial charge in [0.05, 0.1) is 12.8 Å². The summed E-state index contributed by atoms with van der Waals surface area (Å²) < 4.78 is 6.54. The van der Waals surface area contributed by atoms with E-state index in [1.54, 1.807) is 23.2 Å². The van der Waals surface area contributed by atoms with Gasteiger partial charge in [0.2, 0.25) is 5.01 Å². The van der Waals surface area contributed by atoms with Crippen LogP contribution in [0.15, 0.2) is 17.8 Å². The predicted molar refractivity (Wildman–Crippen MR) is 77.3 cm³/mol. The molecule has 0 saturated carbocycles. The number of hydrogen-bond donors (Lipinski definition) is 1. The fraction of sp³-hybridized carbons (Fsp3) is 0.385. The number of hydrogen-bond acceptors (Lipinski definition) is 6. The molecule has 8 heteroatoms. The average molecular weight is 308 g/mol. The van der Waals surface area contributed by atoms with E-state index < -0.39 is 5.97 Å². The van der Waals surface area contributed by atoms with Crippen molar-refractivity contribution >= 4 is 23.2 Å². The molecule has 0 aliphatic rings. The second-order valence-corrected chi connectivity index (χ2v) is 5.14. The summed E-state index contributed by atoms with van der Waals surface area (Å²) in [4.78, 5) is 27.3. The van der Waals surface area contributed by atoms with Crippen molar-refractivity contribution in [2.45, 2.75) is 13.3 Å². The summed E-state index contributed by atoms with van der Waals surface area (Å²) in [6.07, 6.45) is 4.34. The number of nitrogens with zero attached hydrogens (tertiary/aromatic N) is 3. The molecule has 2 aromatic heterocycles. The number of ether oxygens (including phenoxy) is 1. The molecule has 0 bridgehead atoms. The van der Waals surface area contributed by atoms with Crippen molar-refractivity contribution in [2.75, 3.05) is 13.2 Å². The number of amides is 1. The third-order valence-corrected chi connectivity index (χ3v) is 3.47. The molecule has 0 atom stereocenters. The summed E-state index contributed by atoms with van der Waals surface area (Å²) in [6, 6.07) is 0. The molecule has 0 fully saturated rings. The van der Waals surface area contributed by atoms with Crippen LogP contribution < -0.4 is 5.32 Å². The highest BCUT2D eigenvalue weighted by molar-refractivity contribution is 7.11. The first kappa shape index (κ1) is 15.2. The van der Waals surface area contributed by atoms with Crippen LogP contribution in [0.2, 0.25) is 0 Å². The second kappa shape index (κ2) is 6.98. The van der Waals surface area contributed by atoms with Gasteiger partial charge in [-0.25, -0.2) is 9.78 Å². The summed E-state index contributed by atoms with van der Waals surface area (Å²) in [7, 11) is 1.84. The van der Waals surface area contributed by atoms with Gasteiger partial charge in [-0.2, -0.15) is 5.10 Å². The Labute approximate surface area is 125 Å². The number of rotatable bonds is 6. The Morgan fingerprint density at radius 2 is 2.29 bits per heavy atom. The van der Waals surface area contributed by atoms with Gasteiger partial charge >= 0.3 is 5.97 Å². The minimum absolute atomic E-state index is 0.189. The smallest absolute Gasteiger partial charge is 0.367 e. The van der Waals surface area contributed by atoms with Crippen LogP contribution in [0.1, 0.15) is 32.8 Å². The Balaban J connectivity index is 1.84. The Morgan fingerprint density at radius 3 is 2.95 bits per heavy atom. The van der Waals surface area contributed by atoms with E-state index in [0.717, 1.165) is 16.9 Å². The van der Waals surface area contributed by atoms with Gasteiger partial charge in [-0.05, 0) is 18.9 Å². The molecule has 2 heterocycles. The Morgan fingerprint density at radius 1 is 1.48 bits per heavy atom. The number of carbonyl (C=O) groups is 2. The quantitative estimate of drug-likeness (QED) is 0.805. The van der Waals surface area contributed by atoms with Crippen molar-refractivity contribution in [1.29, 1.82) is 0 Å². The number of thiazole rings is 1. The van der Waals surface area contributed by atoms with Gasteiger partial charge in [0.15, 0.2) is 0 Å². The van der Waals surface area contributed by atoms with Crippen molar-refractivity contribution in [3.05, 3.63) is 34.0 Å². The number of aromatic nitrogens is 3. The van der Waals surface area contributed by atoms with Crippen LogP contribution in [0.25, 0.3) is 0 Å². The molecule has 2 aromatic rings. The fourth-order valence-corrected chi connectivity index (χ4v) is 2.37. The second-order valence-electron chi connectivity index (χ2n) is 4.29. The molecular formula is C13H16N4O3S. The summed E-state index contributed by atoms with van der Waals surface area (Å²) in [6.45, 7) is 2.49. The van der Waals surface area contributed by atoms with Crippen LogP contribution in [0.3, 0.4) is 0 Å². The van der Waals surface area contributed by atoms with E-state index in [4.69, 9.17) is 4.74 Å². The highest BCUT2D eigenvalue weighted by atomic mass is 32.1. The van der Waals surface area contributed by atoms with Gasteiger partial charge in [0, 0.05) is 25.2 Å². The molecule has 0 spiro atoms. The first-order valence-electron chi connectivity index (χ1n) is 6.48. The maximum Gasteiger partial charge on any atom is 0.367 e. The molecule has 0 saturated heterocycles. The van der Waals surface area contributed by atoms with Crippen molar-refractivity contribution in [3.8, 4) is 0 Å². The van der Waals surface area contributed by atoms with Crippen LogP contribution in [0.4, 0.5) is 0 Å². The lowest BCUT2D eigenvalue weighted by atomic mass is 10.2. The predicted octanol–water partition coefficient (Wildman–Crippen LogP) is 1.03. The van der Waals surface area contributed by atoms with Gasteiger partial charge in [-0.15, -0.1) is 11.3 Å². The molecular weight excluding hydrogens is 292 g/mol. The molecule has 0 unspecified atom stereocenters. The molecule has 1 N–H and O–H groups in total. The standard InChI is InChI=1S/C13H16N4O3S/c1-3-20-13(19)12-16-10(8-21-12)11(18)14-5-4-9-6-15-17(2)7-9/h6-8H,3-5H2,1-2H3,(H,14,18). The van der Waals surface area contributed by atoms with Gasteiger partial charge in [0.1, 0.15) is 5.69 Å². The van der Waals surface area contributed by atoms with Crippen LogP contribution in [0, 0.1) is 0 Å². The highest BCUT2D eigenvalue weighted by Crippen LogP contribution is 2.11. The van der Waals surface area contributed by atoms with Crippen LogP contribution >= 0.6 is 11.3 Å². The minimum Gasteiger partial charge on any atom is -0.461 e. The minimum atomic E-state index is -0.503. The van der Waals surface area contributed by atoms with E-state index in [2.05, 4.69) is 15.4 Å². The van der Waals surface area contributed by atoms with Gasteiger partial charge in [-0.3, -0.25) is 9.48 Å². The van der Waals surface area contributed by atoms with E-state index in [0.29, 0.717) is 13.0 Å². The van der Waals surface area contributed by atoms with Crippen molar-refractivity contribution in [1.82, 2.24) is 20.1 Å². The van der Waals surface area contributed by atoms with E-state index in [1.807, 2.05) is 13.2 Å². The lowest BCUT2D eigenvalue weighted by Crippen LogP contribution is -2.26. The van der Waals surface area contributed by atoms with Crippen molar-refractivity contribution < 1.29 is 14.3 Å².